The van der Waals surface area contributed by atoms with Gasteiger partial charge in [-0.05, 0) is 52.5 Å². The van der Waals surface area contributed by atoms with Crippen LogP contribution in [0.15, 0.2) is 11.1 Å². The van der Waals surface area contributed by atoms with Gasteiger partial charge >= 0.3 is 0 Å². The number of hydrogen-bond acceptors (Lipinski definition) is 3. The van der Waals surface area contributed by atoms with Crippen molar-refractivity contribution >= 4 is 35.8 Å². The summed E-state index contributed by atoms with van der Waals surface area (Å²) in [6, 6.07) is 2.54. The number of guanidine groups is 1. The second kappa shape index (κ2) is 12.1. The Bertz CT molecular complexity index is 582. The molecule has 0 aromatic carbocycles. The molecule has 1 aliphatic carbocycles. The molecule has 0 spiro atoms. The van der Waals surface area contributed by atoms with Crippen LogP contribution >= 0.6 is 24.0 Å². The van der Waals surface area contributed by atoms with Crippen molar-refractivity contribution in [2.24, 2.45) is 4.99 Å². The van der Waals surface area contributed by atoms with Crippen LogP contribution in [0.2, 0.25) is 0 Å². The number of rotatable bonds is 10. The molecule has 1 aromatic heterocycles. The predicted molar refractivity (Wildman–Crippen MR) is 116 cm³/mol. The third-order valence-electron chi connectivity index (χ3n) is 4.06. The monoisotopic (exact) mass is 476 g/mol. The van der Waals surface area contributed by atoms with Crippen molar-refractivity contribution in [1.29, 1.82) is 0 Å². The van der Waals surface area contributed by atoms with Crippen molar-refractivity contribution in [3.63, 3.8) is 0 Å². The van der Waals surface area contributed by atoms with Crippen LogP contribution in [0.5, 0.6) is 0 Å². The smallest absolute Gasteiger partial charge is 0.220 e. The maximum absolute atomic E-state index is 11.6. The van der Waals surface area contributed by atoms with E-state index in [2.05, 4.69) is 46.0 Å². The molecule has 0 bridgehead atoms. The normalized spacial score (nSPS) is 13.9. The van der Waals surface area contributed by atoms with Gasteiger partial charge in [-0.3, -0.25) is 14.5 Å². The summed E-state index contributed by atoms with van der Waals surface area (Å²) in [6.45, 7) is 9.34. The van der Waals surface area contributed by atoms with Gasteiger partial charge in [0.25, 0.3) is 0 Å². The molecule has 3 N–H and O–H groups in total. The Balaban J connectivity index is 0.00000338. The fourth-order valence-electron chi connectivity index (χ4n) is 2.64. The van der Waals surface area contributed by atoms with Gasteiger partial charge in [0.05, 0.1) is 5.69 Å². The van der Waals surface area contributed by atoms with Gasteiger partial charge < -0.3 is 16.0 Å². The quantitative estimate of drug-likeness (QED) is 0.209. The molecule has 8 heteroatoms. The zero-order valence-corrected chi connectivity index (χ0v) is 18.5. The molecule has 1 heterocycles. The molecule has 0 atom stereocenters. The van der Waals surface area contributed by atoms with Crippen molar-refractivity contribution in [1.82, 2.24) is 25.7 Å². The summed E-state index contributed by atoms with van der Waals surface area (Å²) in [5, 5.41) is 14.0. The van der Waals surface area contributed by atoms with Gasteiger partial charge in [0, 0.05) is 44.3 Å². The molecule has 0 saturated heterocycles. The van der Waals surface area contributed by atoms with Crippen LogP contribution in [-0.4, -0.2) is 47.3 Å². The first-order valence-electron chi connectivity index (χ1n) is 9.41. The molecule has 1 aromatic rings. The zero-order valence-electron chi connectivity index (χ0n) is 16.2. The van der Waals surface area contributed by atoms with Crippen LogP contribution in [0.3, 0.4) is 0 Å². The largest absolute Gasteiger partial charge is 0.357 e. The number of aliphatic imine (C=N–C) groups is 1. The number of aryl methyl sites for hydroxylation is 3. The summed E-state index contributed by atoms with van der Waals surface area (Å²) < 4.78 is 2.03. The highest BCUT2D eigenvalue weighted by Crippen LogP contribution is 2.18. The molecule has 1 fully saturated rings. The minimum atomic E-state index is 0. The van der Waals surface area contributed by atoms with E-state index >= 15 is 0 Å². The lowest BCUT2D eigenvalue weighted by Crippen LogP contribution is -2.38. The van der Waals surface area contributed by atoms with E-state index in [1.165, 1.54) is 5.69 Å². The highest BCUT2D eigenvalue weighted by Gasteiger charge is 2.22. The van der Waals surface area contributed by atoms with E-state index in [4.69, 9.17) is 0 Å². The van der Waals surface area contributed by atoms with Crippen LogP contribution in [0, 0.1) is 13.8 Å². The summed E-state index contributed by atoms with van der Waals surface area (Å²) in [5.41, 5.74) is 2.25. The third kappa shape index (κ3) is 8.86. The van der Waals surface area contributed by atoms with Gasteiger partial charge in [-0.15, -0.1) is 24.0 Å². The van der Waals surface area contributed by atoms with E-state index in [0.717, 1.165) is 63.5 Å². The van der Waals surface area contributed by atoms with Crippen LogP contribution < -0.4 is 16.0 Å². The highest BCUT2D eigenvalue weighted by molar-refractivity contribution is 14.0. The number of nitrogens with zero attached hydrogens (tertiary/aromatic N) is 3. The summed E-state index contributed by atoms with van der Waals surface area (Å²) in [7, 11) is 0. The van der Waals surface area contributed by atoms with E-state index in [-0.39, 0.29) is 29.9 Å². The lowest BCUT2D eigenvalue weighted by atomic mass is 10.3. The van der Waals surface area contributed by atoms with Crippen molar-refractivity contribution < 1.29 is 4.79 Å². The Morgan fingerprint density at radius 2 is 2.08 bits per heavy atom. The van der Waals surface area contributed by atoms with Gasteiger partial charge in [-0.1, -0.05) is 0 Å². The second-order valence-electron chi connectivity index (χ2n) is 6.64. The van der Waals surface area contributed by atoms with Gasteiger partial charge in [0.2, 0.25) is 5.91 Å². The number of halogens is 1. The van der Waals surface area contributed by atoms with Crippen LogP contribution in [0.1, 0.15) is 50.4 Å². The molecule has 0 radical (unpaired) electrons. The molecular formula is C18H33IN6O. The first-order valence-corrected chi connectivity index (χ1v) is 9.41. The first-order chi connectivity index (χ1) is 12.1. The SMILES string of the molecule is CCNC(=NCCCn1nc(C)cc1C)NCCCC(=O)NC1CC1.I. The summed E-state index contributed by atoms with van der Waals surface area (Å²) in [4.78, 5) is 16.2. The van der Waals surface area contributed by atoms with E-state index in [1.807, 2.05) is 11.6 Å². The Morgan fingerprint density at radius 3 is 2.69 bits per heavy atom. The van der Waals surface area contributed by atoms with E-state index in [0.29, 0.717) is 12.5 Å². The molecule has 7 nitrogen and oxygen atoms in total. The molecule has 26 heavy (non-hydrogen) atoms. The molecule has 2 rings (SSSR count). The molecule has 1 saturated carbocycles. The molecule has 0 unspecified atom stereocenters. The minimum absolute atomic E-state index is 0. The Hall–Kier alpha value is -1.32. The van der Waals surface area contributed by atoms with E-state index in [9.17, 15) is 4.79 Å². The third-order valence-corrected chi connectivity index (χ3v) is 4.06. The van der Waals surface area contributed by atoms with Crippen LogP contribution in [0.4, 0.5) is 0 Å². The lowest BCUT2D eigenvalue weighted by molar-refractivity contribution is -0.121. The molecule has 148 valence electrons. The number of hydrogen-bond donors (Lipinski definition) is 3. The van der Waals surface area contributed by atoms with Crippen molar-refractivity contribution in [2.45, 2.75) is 65.5 Å². The number of nitrogens with one attached hydrogen (secondary N) is 3. The molecular weight excluding hydrogens is 443 g/mol. The maximum atomic E-state index is 11.6. The van der Waals surface area contributed by atoms with Crippen molar-refractivity contribution in [3.8, 4) is 0 Å². The minimum Gasteiger partial charge on any atom is -0.357 e. The Kier molecular flexibility index (Phi) is 10.6. The fourth-order valence-corrected chi connectivity index (χ4v) is 2.64. The van der Waals surface area contributed by atoms with Crippen molar-refractivity contribution in [3.05, 3.63) is 17.5 Å². The number of carbonyl (C=O) groups is 1. The summed E-state index contributed by atoms with van der Waals surface area (Å²) in [5.74, 6) is 0.981. The molecule has 0 aliphatic heterocycles. The van der Waals surface area contributed by atoms with Gasteiger partial charge in [-0.25, -0.2) is 0 Å². The van der Waals surface area contributed by atoms with Crippen LogP contribution in [-0.2, 0) is 11.3 Å². The average molecular weight is 476 g/mol. The lowest BCUT2D eigenvalue weighted by Gasteiger charge is -2.11. The molecule has 1 aliphatic rings. The topological polar surface area (TPSA) is 83.3 Å². The molecule has 1 amide bonds. The number of amides is 1. The van der Waals surface area contributed by atoms with Gasteiger partial charge in [0.15, 0.2) is 5.96 Å². The predicted octanol–water partition coefficient (Wildman–Crippen LogP) is 2.12. The number of aromatic nitrogens is 2. The summed E-state index contributed by atoms with van der Waals surface area (Å²) in [6.07, 6.45) is 4.61. The first kappa shape index (κ1) is 22.7. The average Bonchev–Trinajstić information content (AvgIpc) is 3.31. The standard InChI is InChI=1S/C18H32N6O.HI/c1-4-19-18(20-10-5-7-17(25)22-16-8-9-16)21-11-6-12-24-15(3)13-14(2)23-24;/h13,16H,4-12H2,1-3H3,(H,22,25)(H2,19,20,21);1H. The van der Waals surface area contributed by atoms with Crippen molar-refractivity contribution in [2.75, 3.05) is 19.6 Å². The second-order valence-corrected chi connectivity index (χ2v) is 6.64. The Morgan fingerprint density at radius 1 is 1.31 bits per heavy atom. The number of carbonyl (C=O) groups excluding carboxylic acids is 1. The Labute approximate surface area is 173 Å². The zero-order chi connectivity index (χ0) is 18.1. The maximum Gasteiger partial charge on any atom is 0.220 e. The fraction of sp³-hybridized carbons (Fsp3) is 0.722. The summed E-state index contributed by atoms with van der Waals surface area (Å²) >= 11 is 0. The van der Waals surface area contributed by atoms with Crippen LogP contribution in [0.25, 0.3) is 0 Å². The highest BCUT2D eigenvalue weighted by atomic mass is 127. The van der Waals surface area contributed by atoms with Gasteiger partial charge in [-0.2, -0.15) is 5.10 Å². The van der Waals surface area contributed by atoms with E-state index in [1.54, 1.807) is 0 Å². The van der Waals surface area contributed by atoms with E-state index < -0.39 is 0 Å². The van der Waals surface area contributed by atoms with Gasteiger partial charge in [0.1, 0.15) is 0 Å².